The number of benzene rings is 1. The lowest BCUT2D eigenvalue weighted by Crippen LogP contribution is -2.14. The summed E-state index contributed by atoms with van der Waals surface area (Å²) in [5, 5.41) is 12.1. The minimum absolute atomic E-state index is 0.470. The van der Waals surface area contributed by atoms with Crippen molar-refractivity contribution in [3.8, 4) is 0 Å². The Kier molecular flexibility index (Phi) is 2.71. The zero-order chi connectivity index (χ0) is 12.8. The molecule has 0 aliphatic heterocycles. The molecule has 0 radical (unpaired) electrons. The molecule has 1 N–H and O–H groups in total. The molecule has 2 aromatic rings. The van der Waals surface area contributed by atoms with Gasteiger partial charge in [0.2, 0.25) is 0 Å². The van der Waals surface area contributed by atoms with Gasteiger partial charge in [0.25, 0.3) is 0 Å². The molecule has 0 spiro atoms. The predicted octanol–water partition coefficient (Wildman–Crippen LogP) is 4.15. The first-order valence-electron chi connectivity index (χ1n) is 5.01. The maximum Gasteiger partial charge on any atom is 0.416 e. The van der Waals surface area contributed by atoms with Gasteiger partial charge in [-0.25, -0.2) is 0 Å². The van der Waals surface area contributed by atoms with Crippen LogP contribution in [0.4, 0.5) is 13.2 Å². The van der Waals surface area contributed by atoms with Gasteiger partial charge >= 0.3 is 6.18 Å². The summed E-state index contributed by atoms with van der Waals surface area (Å²) in [4.78, 5) is 0. The molecule has 1 heterocycles. The maximum absolute atomic E-state index is 12.6. The molecule has 0 aliphatic carbocycles. The van der Waals surface area contributed by atoms with Crippen molar-refractivity contribution in [3.63, 3.8) is 0 Å². The lowest BCUT2D eigenvalue weighted by molar-refractivity contribution is -0.137. The quantitative estimate of drug-likeness (QED) is 0.816. The fraction of sp³-hybridized carbons (Fsp3) is 0.333. The zero-order valence-corrected chi connectivity index (χ0v) is 10.1. The van der Waals surface area contributed by atoms with Crippen LogP contribution in [0.15, 0.2) is 23.6 Å². The van der Waals surface area contributed by atoms with Crippen molar-refractivity contribution in [2.45, 2.75) is 25.6 Å². The smallest absolute Gasteiger partial charge is 0.386 e. The highest BCUT2D eigenvalue weighted by molar-refractivity contribution is 7.17. The van der Waals surface area contributed by atoms with E-state index < -0.39 is 17.3 Å². The van der Waals surface area contributed by atoms with Crippen molar-refractivity contribution < 1.29 is 18.3 Å². The molecule has 0 saturated heterocycles. The molecule has 0 atom stereocenters. The standard InChI is InChI=1S/C12H11F3OS/c1-11(2,16)9-6-17-10-4-3-7(5-8(9)10)12(13,14)15/h3-6,16H,1-2H3. The highest BCUT2D eigenvalue weighted by Gasteiger charge is 2.31. The third-order valence-corrected chi connectivity index (χ3v) is 3.52. The molecule has 0 amide bonds. The fourth-order valence-corrected chi connectivity index (χ4v) is 2.78. The van der Waals surface area contributed by atoms with Gasteiger partial charge in [-0.05, 0) is 42.8 Å². The van der Waals surface area contributed by atoms with Gasteiger partial charge in [0.1, 0.15) is 0 Å². The molecule has 17 heavy (non-hydrogen) atoms. The normalized spacial score (nSPS) is 13.3. The Labute approximate surface area is 101 Å². The molecular weight excluding hydrogens is 249 g/mol. The zero-order valence-electron chi connectivity index (χ0n) is 9.30. The molecule has 0 bridgehead atoms. The Balaban J connectivity index is 2.67. The van der Waals surface area contributed by atoms with E-state index >= 15 is 0 Å². The van der Waals surface area contributed by atoms with Crippen molar-refractivity contribution in [2.24, 2.45) is 0 Å². The van der Waals surface area contributed by atoms with E-state index in [0.29, 0.717) is 10.9 Å². The van der Waals surface area contributed by atoms with Crippen LogP contribution in [-0.4, -0.2) is 5.11 Å². The van der Waals surface area contributed by atoms with Crippen molar-refractivity contribution in [2.75, 3.05) is 0 Å². The third-order valence-electron chi connectivity index (χ3n) is 2.56. The topological polar surface area (TPSA) is 20.2 Å². The Morgan fingerprint density at radius 3 is 2.35 bits per heavy atom. The predicted molar refractivity (Wildman–Crippen MR) is 62.1 cm³/mol. The van der Waals surface area contributed by atoms with E-state index in [0.717, 1.165) is 16.8 Å². The molecule has 0 fully saturated rings. The third kappa shape index (κ3) is 2.30. The van der Waals surface area contributed by atoms with Gasteiger partial charge in [-0.3, -0.25) is 0 Å². The SMILES string of the molecule is CC(C)(O)c1csc2ccc(C(F)(F)F)cc12. The van der Waals surface area contributed by atoms with Crippen LogP contribution < -0.4 is 0 Å². The average molecular weight is 260 g/mol. The summed E-state index contributed by atoms with van der Waals surface area (Å²) in [5.41, 5.74) is -1.29. The van der Waals surface area contributed by atoms with E-state index in [9.17, 15) is 18.3 Å². The molecule has 0 saturated carbocycles. The molecule has 1 aromatic carbocycles. The van der Waals surface area contributed by atoms with E-state index in [1.807, 2.05) is 0 Å². The van der Waals surface area contributed by atoms with Crippen molar-refractivity contribution in [1.29, 1.82) is 0 Å². The monoisotopic (exact) mass is 260 g/mol. The molecule has 1 aromatic heterocycles. The fourth-order valence-electron chi connectivity index (χ4n) is 1.68. The summed E-state index contributed by atoms with van der Waals surface area (Å²) in [7, 11) is 0. The van der Waals surface area contributed by atoms with Crippen LogP contribution in [0.5, 0.6) is 0 Å². The average Bonchev–Trinajstić information content (AvgIpc) is 2.57. The number of thiophene rings is 1. The number of rotatable bonds is 1. The van der Waals surface area contributed by atoms with Crippen LogP contribution in [-0.2, 0) is 11.8 Å². The summed E-state index contributed by atoms with van der Waals surface area (Å²) < 4.78 is 38.5. The van der Waals surface area contributed by atoms with E-state index in [1.165, 1.54) is 17.4 Å². The largest absolute Gasteiger partial charge is 0.416 e. The van der Waals surface area contributed by atoms with Crippen LogP contribution in [0.25, 0.3) is 10.1 Å². The molecule has 1 nitrogen and oxygen atoms in total. The maximum atomic E-state index is 12.6. The Morgan fingerprint density at radius 1 is 1.18 bits per heavy atom. The Hall–Kier alpha value is -1.07. The second-order valence-electron chi connectivity index (χ2n) is 4.42. The van der Waals surface area contributed by atoms with E-state index in [2.05, 4.69) is 0 Å². The molecule has 92 valence electrons. The van der Waals surface area contributed by atoms with Gasteiger partial charge in [-0.15, -0.1) is 11.3 Å². The lowest BCUT2D eigenvalue weighted by Gasteiger charge is -2.17. The molecule has 0 unspecified atom stereocenters. The summed E-state index contributed by atoms with van der Waals surface area (Å²) >= 11 is 1.33. The summed E-state index contributed by atoms with van der Waals surface area (Å²) in [6.45, 7) is 3.13. The lowest BCUT2D eigenvalue weighted by atomic mass is 9.97. The minimum Gasteiger partial charge on any atom is -0.386 e. The van der Waals surface area contributed by atoms with Crippen LogP contribution in [0, 0.1) is 0 Å². The highest BCUT2D eigenvalue weighted by atomic mass is 32.1. The molecule has 5 heteroatoms. The minimum atomic E-state index is -4.35. The first-order valence-corrected chi connectivity index (χ1v) is 5.89. The van der Waals surface area contributed by atoms with Gasteiger partial charge in [-0.2, -0.15) is 13.2 Å². The van der Waals surface area contributed by atoms with Gasteiger partial charge in [0.15, 0.2) is 0 Å². The number of fused-ring (bicyclic) bond motifs is 1. The number of aliphatic hydroxyl groups is 1. The Morgan fingerprint density at radius 2 is 1.82 bits per heavy atom. The first-order chi connectivity index (χ1) is 7.69. The van der Waals surface area contributed by atoms with Gasteiger partial charge in [0.05, 0.1) is 11.2 Å². The van der Waals surface area contributed by atoms with Crippen molar-refractivity contribution in [1.82, 2.24) is 0 Å². The summed E-state index contributed by atoms with van der Waals surface area (Å²) in [5.74, 6) is 0. The Bertz CT molecular complexity index is 549. The number of alkyl halides is 3. The van der Waals surface area contributed by atoms with Crippen LogP contribution in [0.2, 0.25) is 0 Å². The van der Waals surface area contributed by atoms with Crippen molar-refractivity contribution in [3.05, 3.63) is 34.7 Å². The van der Waals surface area contributed by atoms with Gasteiger partial charge in [-0.1, -0.05) is 0 Å². The van der Waals surface area contributed by atoms with E-state index in [-0.39, 0.29) is 0 Å². The molecule has 0 aliphatic rings. The van der Waals surface area contributed by atoms with Gasteiger partial charge < -0.3 is 5.11 Å². The second-order valence-corrected chi connectivity index (χ2v) is 5.33. The van der Waals surface area contributed by atoms with Crippen LogP contribution >= 0.6 is 11.3 Å². The molecule has 2 rings (SSSR count). The van der Waals surface area contributed by atoms with Crippen LogP contribution in [0.1, 0.15) is 25.0 Å². The number of hydrogen-bond acceptors (Lipinski definition) is 2. The van der Waals surface area contributed by atoms with Crippen LogP contribution in [0.3, 0.4) is 0 Å². The van der Waals surface area contributed by atoms with E-state index in [1.54, 1.807) is 19.2 Å². The second kappa shape index (κ2) is 3.71. The molecular formula is C12H11F3OS. The number of hydrogen-bond donors (Lipinski definition) is 1. The first kappa shape index (κ1) is 12.4. The number of halogens is 3. The highest BCUT2D eigenvalue weighted by Crippen LogP contribution is 2.37. The summed E-state index contributed by atoms with van der Waals surface area (Å²) in [6, 6.07) is 3.60. The summed E-state index contributed by atoms with van der Waals surface area (Å²) in [6.07, 6.45) is -4.35. The van der Waals surface area contributed by atoms with Gasteiger partial charge in [0, 0.05) is 10.3 Å². The van der Waals surface area contributed by atoms with E-state index in [4.69, 9.17) is 0 Å². The van der Waals surface area contributed by atoms with Crippen molar-refractivity contribution >= 4 is 21.4 Å².